The van der Waals surface area contributed by atoms with Crippen LogP contribution in [0.15, 0.2) is 29.2 Å². The Kier molecular flexibility index (Phi) is 13.0. The van der Waals surface area contributed by atoms with Crippen LogP contribution in [0.1, 0.15) is 98.8 Å². The minimum atomic E-state index is -4.19. The molecule has 0 atom stereocenters. The summed E-state index contributed by atoms with van der Waals surface area (Å²) in [7, 11) is -2.68. The molecule has 0 bridgehead atoms. The first-order chi connectivity index (χ1) is 16.5. The molecule has 0 saturated heterocycles. The Morgan fingerprint density at radius 3 is 1.71 bits per heavy atom. The summed E-state index contributed by atoms with van der Waals surface area (Å²) in [5.74, 6) is 11.8. The van der Waals surface area contributed by atoms with Gasteiger partial charge in [0.1, 0.15) is 11.4 Å². The van der Waals surface area contributed by atoms with Crippen molar-refractivity contribution in [3.63, 3.8) is 0 Å². The van der Waals surface area contributed by atoms with Gasteiger partial charge < -0.3 is 9.47 Å². The molecule has 0 aliphatic rings. The Labute approximate surface area is 213 Å². The number of methoxy groups -OCH3 is 1. The third-order valence-corrected chi connectivity index (χ3v) is 7.84. The first kappa shape index (κ1) is 30.6. The Morgan fingerprint density at radius 1 is 0.829 bits per heavy atom. The van der Waals surface area contributed by atoms with Gasteiger partial charge in [0.05, 0.1) is 12.0 Å². The number of carbonyl (C=O) groups is 1. The maximum Gasteiger partial charge on any atom is 0.330 e. The Morgan fingerprint density at radius 2 is 1.31 bits per heavy atom. The van der Waals surface area contributed by atoms with Crippen LogP contribution >= 0.6 is 0 Å². The van der Waals surface area contributed by atoms with E-state index in [1.165, 1.54) is 19.2 Å². The van der Waals surface area contributed by atoms with E-state index in [0.717, 1.165) is 38.5 Å². The van der Waals surface area contributed by atoms with Gasteiger partial charge in [0.2, 0.25) is 0 Å². The molecule has 0 fully saturated rings. The van der Waals surface area contributed by atoms with Crippen LogP contribution in [0.3, 0.4) is 0 Å². The monoisotopic (exact) mass is 502 g/mol. The van der Waals surface area contributed by atoms with Gasteiger partial charge in [-0.2, -0.15) is 0 Å². The number of esters is 1. The lowest BCUT2D eigenvalue weighted by Crippen LogP contribution is -2.49. The van der Waals surface area contributed by atoms with Crippen LogP contribution in [0.25, 0.3) is 0 Å². The largest absolute Gasteiger partial charge is 0.497 e. The molecular weight excluding hydrogens is 460 g/mol. The number of unbranched alkanes of at least 4 members (excludes halogenated alkanes) is 6. The van der Waals surface area contributed by atoms with Gasteiger partial charge in [-0.15, -0.1) is 23.7 Å². The third kappa shape index (κ3) is 9.61. The van der Waals surface area contributed by atoms with Crippen LogP contribution in [0.4, 0.5) is 0 Å². The Hall–Kier alpha value is -2.44. The van der Waals surface area contributed by atoms with E-state index >= 15 is 0 Å². The molecule has 194 valence electrons. The predicted octanol–water partition coefficient (Wildman–Crippen LogP) is 6.50. The molecular formula is C29H42O5S. The van der Waals surface area contributed by atoms with Crippen LogP contribution in [0, 0.1) is 23.7 Å². The molecule has 0 radical (unpaired) electrons. The highest BCUT2D eigenvalue weighted by atomic mass is 32.2. The molecule has 1 rings (SSSR count). The highest BCUT2D eigenvalue weighted by molar-refractivity contribution is 7.93. The normalized spacial score (nSPS) is 11.6. The van der Waals surface area contributed by atoms with Crippen molar-refractivity contribution >= 4 is 15.8 Å². The summed E-state index contributed by atoms with van der Waals surface area (Å²) in [4.78, 5) is 13.6. The second-order valence-electron chi connectivity index (χ2n) is 9.65. The summed E-state index contributed by atoms with van der Waals surface area (Å²) in [6.07, 6.45) is 7.09. The molecule has 1 aromatic carbocycles. The van der Waals surface area contributed by atoms with E-state index in [0.29, 0.717) is 18.6 Å². The second kappa shape index (κ2) is 14.8. The van der Waals surface area contributed by atoms with Crippen molar-refractivity contribution < 1.29 is 22.7 Å². The lowest BCUT2D eigenvalue weighted by Gasteiger charge is -2.31. The smallest absolute Gasteiger partial charge is 0.330 e. The number of carbonyl (C=O) groups excluding carboxylic acids is 1. The molecule has 0 aliphatic heterocycles. The van der Waals surface area contributed by atoms with Gasteiger partial charge >= 0.3 is 5.97 Å². The number of rotatable bonds is 12. The minimum Gasteiger partial charge on any atom is -0.497 e. The Bertz CT molecular complexity index is 979. The zero-order valence-electron chi connectivity index (χ0n) is 22.3. The van der Waals surface area contributed by atoms with Gasteiger partial charge in [-0.3, -0.25) is 4.79 Å². The molecule has 35 heavy (non-hydrogen) atoms. The first-order valence-electron chi connectivity index (χ1n) is 12.6. The molecule has 1 aromatic rings. The van der Waals surface area contributed by atoms with Crippen LogP contribution in [0.2, 0.25) is 0 Å². The van der Waals surface area contributed by atoms with Gasteiger partial charge in [0, 0.05) is 25.7 Å². The van der Waals surface area contributed by atoms with Crippen molar-refractivity contribution in [1.29, 1.82) is 0 Å². The van der Waals surface area contributed by atoms with Crippen molar-refractivity contribution in [2.75, 3.05) is 7.11 Å². The van der Waals surface area contributed by atoms with Gasteiger partial charge in [-0.05, 0) is 57.9 Å². The molecule has 0 aliphatic carbocycles. The van der Waals surface area contributed by atoms with Crippen LogP contribution in [-0.2, 0) is 19.4 Å². The molecule has 0 saturated carbocycles. The fraction of sp³-hybridized carbons (Fsp3) is 0.621. The SMILES string of the molecule is CCCCCC#CCC(CC#CCCCCC)(C(=O)OC(C)(C)C)S(=O)(=O)c1ccc(OC)cc1. The van der Waals surface area contributed by atoms with Gasteiger partial charge in [0.25, 0.3) is 0 Å². The van der Waals surface area contributed by atoms with E-state index in [4.69, 9.17) is 9.47 Å². The highest BCUT2D eigenvalue weighted by Crippen LogP contribution is 2.35. The van der Waals surface area contributed by atoms with E-state index < -0.39 is 26.2 Å². The van der Waals surface area contributed by atoms with Gasteiger partial charge in [0.15, 0.2) is 14.6 Å². The van der Waals surface area contributed by atoms with Gasteiger partial charge in [-0.25, -0.2) is 8.42 Å². The summed E-state index contributed by atoms with van der Waals surface area (Å²) >= 11 is 0. The minimum absolute atomic E-state index is 0.0183. The summed E-state index contributed by atoms with van der Waals surface area (Å²) < 4.78 is 37.0. The van der Waals surface area contributed by atoms with Crippen molar-refractivity contribution in [3.05, 3.63) is 24.3 Å². The van der Waals surface area contributed by atoms with Crippen LogP contribution < -0.4 is 4.74 Å². The van der Waals surface area contributed by atoms with E-state index in [1.54, 1.807) is 32.9 Å². The number of sulfone groups is 1. The number of hydrogen-bond donors (Lipinski definition) is 0. The zero-order valence-corrected chi connectivity index (χ0v) is 23.1. The average molecular weight is 503 g/mol. The fourth-order valence-corrected chi connectivity index (χ4v) is 5.10. The van der Waals surface area contributed by atoms with Crippen LogP contribution in [-0.4, -0.2) is 31.8 Å². The third-order valence-electron chi connectivity index (χ3n) is 5.46. The molecule has 5 nitrogen and oxygen atoms in total. The molecule has 0 amide bonds. The molecule has 0 spiro atoms. The topological polar surface area (TPSA) is 69.7 Å². The van der Waals surface area contributed by atoms with Crippen molar-refractivity contribution in [1.82, 2.24) is 0 Å². The second-order valence-corrected chi connectivity index (χ2v) is 11.9. The standard InChI is InChI=1S/C29H42O5S/c1-7-9-11-13-15-17-23-29(27(30)34-28(3,4)5,24-18-16-14-12-10-8-2)35(31,32)26-21-19-25(33-6)20-22-26/h19-22H,7-14,23-24H2,1-6H3. The summed E-state index contributed by atoms with van der Waals surface area (Å²) in [5, 5.41) is 0. The van der Waals surface area contributed by atoms with Crippen molar-refractivity contribution in [2.24, 2.45) is 0 Å². The summed E-state index contributed by atoms with van der Waals surface area (Å²) in [6, 6.07) is 6.05. The first-order valence-corrected chi connectivity index (χ1v) is 14.1. The quantitative estimate of drug-likeness (QED) is 0.185. The maximum atomic E-state index is 14.0. The molecule has 0 unspecified atom stereocenters. The fourth-order valence-electron chi connectivity index (χ4n) is 3.37. The predicted molar refractivity (Wildman–Crippen MR) is 142 cm³/mol. The van der Waals surface area contributed by atoms with E-state index in [-0.39, 0.29) is 17.7 Å². The van der Waals surface area contributed by atoms with Crippen molar-refractivity contribution in [3.8, 4) is 29.4 Å². The number of ether oxygens (including phenoxy) is 2. The van der Waals surface area contributed by atoms with E-state index in [2.05, 4.69) is 37.5 Å². The zero-order chi connectivity index (χ0) is 26.4. The molecule has 0 heterocycles. The lowest BCUT2D eigenvalue weighted by atomic mass is 9.99. The molecule has 0 N–H and O–H groups in total. The van der Waals surface area contributed by atoms with Crippen molar-refractivity contribution in [2.45, 2.75) is 114 Å². The Balaban J connectivity index is 3.53. The van der Waals surface area contributed by atoms with E-state index in [9.17, 15) is 13.2 Å². The average Bonchev–Trinajstić information content (AvgIpc) is 2.80. The lowest BCUT2D eigenvalue weighted by molar-refractivity contribution is -0.157. The molecule has 6 heteroatoms. The van der Waals surface area contributed by atoms with Gasteiger partial charge in [-0.1, -0.05) is 39.5 Å². The highest BCUT2D eigenvalue weighted by Gasteiger charge is 2.53. The molecule has 0 aromatic heterocycles. The van der Waals surface area contributed by atoms with E-state index in [1.807, 2.05) is 0 Å². The van der Waals surface area contributed by atoms with Crippen LogP contribution in [0.5, 0.6) is 5.75 Å². The number of hydrogen-bond acceptors (Lipinski definition) is 5. The number of benzene rings is 1. The summed E-state index contributed by atoms with van der Waals surface area (Å²) in [6.45, 7) is 9.40. The maximum absolute atomic E-state index is 14.0. The summed E-state index contributed by atoms with van der Waals surface area (Å²) in [5.41, 5.74) is -0.860.